The second-order valence-corrected chi connectivity index (χ2v) is 7.30. The van der Waals surface area contributed by atoms with E-state index in [1.807, 2.05) is 31.7 Å². The number of hydrogen-bond acceptors (Lipinski definition) is 3. The summed E-state index contributed by atoms with van der Waals surface area (Å²) >= 11 is 0. The van der Waals surface area contributed by atoms with Crippen molar-refractivity contribution < 1.29 is 9.53 Å². The molecular weight excluding hydrogens is 276 g/mol. The molecule has 2 N–H and O–H groups in total. The highest BCUT2D eigenvalue weighted by atomic mass is 16.6. The Bertz CT molecular complexity index is 510. The van der Waals surface area contributed by atoms with Crippen LogP contribution in [0, 0.1) is 5.92 Å². The third-order valence-corrected chi connectivity index (χ3v) is 4.63. The molecule has 2 atom stereocenters. The Morgan fingerprint density at radius 1 is 1.36 bits per heavy atom. The molecule has 4 nitrogen and oxygen atoms in total. The largest absolute Gasteiger partial charge is 0.444 e. The third-order valence-electron chi connectivity index (χ3n) is 4.63. The maximum atomic E-state index is 12.3. The van der Waals surface area contributed by atoms with E-state index in [4.69, 9.17) is 10.5 Å². The fourth-order valence-corrected chi connectivity index (χ4v) is 3.29. The third kappa shape index (κ3) is 3.43. The molecule has 1 amide bonds. The second kappa shape index (κ2) is 6.29. The number of nitrogens with two attached hydrogens (primary N) is 1. The lowest BCUT2D eigenvalue weighted by molar-refractivity contribution is 0.00830. The molecule has 0 radical (unpaired) electrons. The number of ether oxygens (including phenoxy) is 1. The quantitative estimate of drug-likeness (QED) is 0.913. The number of benzene rings is 1. The Balaban J connectivity index is 2.13. The molecule has 0 bridgehead atoms. The lowest BCUT2D eigenvalue weighted by Gasteiger charge is -2.46. The summed E-state index contributed by atoms with van der Waals surface area (Å²) in [4.78, 5) is 14.1. The monoisotopic (exact) mass is 304 g/mol. The minimum atomic E-state index is -0.456. The normalized spacial score (nSPS) is 25.9. The predicted molar refractivity (Wildman–Crippen MR) is 88.8 cm³/mol. The maximum absolute atomic E-state index is 12.3. The van der Waals surface area contributed by atoms with Gasteiger partial charge in [-0.25, -0.2) is 4.79 Å². The van der Waals surface area contributed by atoms with Gasteiger partial charge in [-0.05, 0) is 38.7 Å². The number of carbonyl (C=O) groups excluding carboxylic acids is 1. The smallest absolute Gasteiger partial charge is 0.410 e. The summed E-state index contributed by atoms with van der Waals surface area (Å²) in [7, 11) is 0. The molecule has 1 saturated heterocycles. The summed E-state index contributed by atoms with van der Waals surface area (Å²) in [6.45, 7) is 9.83. The number of likely N-dealkylation sites (tertiary alicyclic amines) is 1. The van der Waals surface area contributed by atoms with E-state index in [0.717, 1.165) is 6.42 Å². The molecule has 2 rings (SSSR count). The van der Waals surface area contributed by atoms with E-state index in [1.165, 1.54) is 5.56 Å². The van der Waals surface area contributed by atoms with Crippen molar-refractivity contribution in [1.82, 2.24) is 4.90 Å². The number of piperidine rings is 1. The van der Waals surface area contributed by atoms with E-state index in [9.17, 15) is 4.79 Å². The molecule has 122 valence electrons. The number of carbonyl (C=O) groups is 1. The molecule has 0 aromatic heterocycles. The first-order valence-corrected chi connectivity index (χ1v) is 8.02. The summed E-state index contributed by atoms with van der Waals surface area (Å²) in [5.74, 6) is 0.293. The first kappa shape index (κ1) is 16.8. The maximum Gasteiger partial charge on any atom is 0.410 e. The number of hydrogen-bond donors (Lipinski definition) is 1. The van der Waals surface area contributed by atoms with Crippen molar-refractivity contribution in [2.45, 2.75) is 45.1 Å². The summed E-state index contributed by atoms with van der Waals surface area (Å²) in [6.07, 6.45) is 0.645. The van der Waals surface area contributed by atoms with E-state index in [1.54, 1.807) is 0 Å². The Morgan fingerprint density at radius 3 is 2.50 bits per heavy atom. The van der Waals surface area contributed by atoms with Crippen LogP contribution in [0.25, 0.3) is 0 Å². The summed E-state index contributed by atoms with van der Waals surface area (Å²) in [6, 6.07) is 10.4. The molecule has 1 aromatic carbocycles. The number of amides is 1. The fraction of sp³-hybridized carbons (Fsp3) is 0.611. The minimum Gasteiger partial charge on any atom is -0.444 e. The van der Waals surface area contributed by atoms with Crippen molar-refractivity contribution in [2.24, 2.45) is 11.7 Å². The van der Waals surface area contributed by atoms with Gasteiger partial charge in [0.2, 0.25) is 0 Å². The topological polar surface area (TPSA) is 55.6 Å². The van der Waals surface area contributed by atoms with Crippen molar-refractivity contribution in [1.29, 1.82) is 0 Å². The van der Waals surface area contributed by atoms with Gasteiger partial charge >= 0.3 is 6.09 Å². The van der Waals surface area contributed by atoms with Gasteiger partial charge in [0.25, 0.3) is 0 Å². The lowest BCUT2D eigenvalue weighted by atomic mass is 9.66. The van der Waals surface area contributed by atoms with Crippen LogP contribution in [-0.2, 0) is 10.2 Å². The SMILES string of the molecule is CC1CN(C(=O)OC(C)(C)C)CCC1(CN)c1ccccc1. The van der Waals surface area contributed by atoms with E-state index in [-0.39, 0.29) is 11.5 Å². The molecule has 1 aromatic rings. The van der Waals surface area contributed by atoms with Crippen LogP contribution < -0.4 is 5.73 Å². The van der Waals surface area contributed by atoms with Crippen LogP contribution in [0.3, 0.4) is 0 Å². The molecule has 0 aliphatic carbocycles. The average Bonchev–Trinajstić information content (AvgIpc) is 2.46. The van der Waals surface area contributed by atoms with E-state index in [0.29, 0.717) is 25.6 Å². The zero-order valence-electron chi connectivity index (χ0n) is 14.1. The Kier molecular flexibility index (Phi) is 4.81. The van der Waals surface area contributed by atoms with Crippen molar-refractivity contribution in [3.8, 4) is 0 Å². The van der Waals surface area contributed by atoms with Crippen molar-refractivity contribution in [3.63, 3.8) is 0 Å². The Morgan fingerprint density at radius 2 is 2.00 bits per heavy atom. The minimum absolute atomic E-state index is 0.0558. The van der Waals surface area contributed by atoms with Crippen LogP contribution in [0.4, 0.5) is 4.79 Å². The van der Waals surface area contributed by atoms with Crippen LogP contribution in [-0.4, -0.2) is 36.2 Å². The van der Waals surface area contributed by atoms with Gasteiger partial charge in [0.1, 0.15) is 5.60 Å². The molecule has 4 heteroatoms. The van der Waals surface area contributed by atoms with Crippen molar-refractivity contribution in [3.05, 3.63) is 35.9 Å². The van der Waals surface area contributed by atoms with E-state index in [2.05, 4.69) is 31.2 Å². The van der Waals surface area contributed by atoms with Gasteiger partial charge in [-0.15, -0.1) is 0 Å². The number of nitrogens with zero attached hydrogens (tertiary/aromatic N) is 1. The highest BCUT2D eigenvalue weighted by Crippen LogP contribution is 2.39. The Labute approximate surface area is 133 Å². The van der Waals surface area contributed by atoms with Gasteiger partial charge in [0.15, 0.2) is 0 Å². The highest BCUT2D eigenvalue weighted by molar-refractivity contribution is 5.68. The fourth-order valence-electron chi connectivity index (χ4n) is 3.29. The summed E-state index contributed by atoms with van der Waals surface area (Å²) < 4.78 is 5.49. The van der Waals surface area contributed by atoms with Crippen LogP contribution in [0.2, 0.25) is 0 Å². The molecule has 1 aliphatic rings. The van der Waals surface area contributed by atoms with Crippen LogP contribution in [0.5, 0.6) is 0 Å². The van der Waals surface area contributed by atoms with Gasteiger partial charge in [-0.1, -0.05) is 37.3 Å². The van der Waals surface area contributed by atoms with Crippen LogP contribution in [0.15, 0.2) is 30.3 Å². The zero-order chi connectivity index (χ0) is 16.4. The lowest BCUT2D eigenvalue weighted by Crippen LogP contribution is -2.54. The molecule has 0 spiro atoms. The van der Waals surface area contributed by atoms with Gasteiger partial charge in [-0.2, -0.15) is 0 Å². The molecule has 1 fully saturated rings. The Hall–Kier alpha value is -1.55. The van der Waals surface area contributed by atoms with Crippen molar-refractivity contribution >= 4 is 6.09 Å². The molecule has 1 heterocycles. The second-order valence-electron chi connectivity index (χ2n) is 7.30. The number of rotatable bonds is 2. The van der Waals surface area contributed by atoms with Gasteiger partial charge in [0, 0.05) is 25.0 Å². The standard InChI is InChI=1S/C18H28N2O2/c1-14-12-20(16(21)22-17(2,3)4)11-10-18(14,13-19)15-8-6-5-7-9-15/h5-9,14H,10-13,19H2,1-4H3. The molecular formula is C18H28N2O2. The molecule has 22 heavy (non-hydrogen) atoms. The highest BCUT2D eigenvalue weighted by Gasteiger charge is 2.42. The van der Waals surface area contributed by atoms with Crippen molar-refractivity contribution in [2.75, 3.05) is 19.6 Å². The van der Waals surface area contributed by atoms with E-state index >= 15 is 0 Å². The molecule has 1 aliphatic heterocycles. The predicted octanol–water partition coefficient (Wildman–Crippen LogP) is 3.16. The van der Waals surface area contributed by atoms with Crippen LogP contribution in [0.1, 0.15) is 39.7 Å². The first-order valence-electron chi connectivity index (χ1n) is 8.02. The van der Waals surface area contributed by atoms with Gasteiger partial charge in [0.05, 0.1) is 0 Å². The molecule has 2 unspecified atom stereocenters. The van der Waals surface area contributed by atoms with Gasteiger partial charge < -0.3 is 15.4 Å². The van der Waals surface area contributed by atoms with E-state index < -0.39 is 5.60 Å². The molecule has 0 saturated carbocycles. The zero-order valence-corrected chi connectivity index (χ0v) is 14.1. The summed E-state index contributed by atoms with van der Waals surface area (Å²) in [5, 5.41) is 0. The first-order chi connectivity index (χ1) is 10.3. The summed E-state index contributed by atoms with van der Waals surface area (Å²) in [5.41, 5.74) is 6.91. The average molecular weight is 304 g/mol. The van der Waals surface area contributed by atoms with Gasteiger partial charge in [-0.3, -0.25) is 0 Å². The van der Waals surface area contributed by atoms with Crippen LogP contribution >= 0.6 is 0 Å².